The van der Waals surface area contributed by atoms with Crippen molar-refractivity contribution in [3.63, 3.8) is 0 Å². The van der Waals surface area contributed by atoms with Crippen molar-refractivity contribution in [3.05, 3.63) is 23.0 Å². The number of nitrogens with one attached hydrogen (secondary N) is 2. The van der Waals surface area contributed by atoms with Gasteiger partial charge in [0.15, 0.2) is 0 Å². The average Bonchev–Trinajstić information content (AvgIpc) is 3.04. The number of thioether (sulfide) groups is 1. The van der Waals surface area contributed by atoms with Crippen LogP contribution in [0.15, 0.2) is 6.07 Å². The predicted molar refractivity (Wildman–Crippen MR) is 85.5 cm³/mol. The Morgan fingerprint density at radius 2 is 2.24 bits per heavy atom. The van der Waals surface area contributed by atoms with Gasteiger partial charge in [-0.3, -0.25) is 9.59 Å². The molecule has 2 heterocycles. The van der Waals surface area contributed by atoms with Gasteiger partial charge in [0, 0.05) is 18.0 Å². The molecule has 0 radical (unpaired) electrons. The number of nitrogens with zero attached hydrogens (tertiary/aromatic N) is 1. The molecular weight excluding hydrogens is 286 g/mol. The Labute approximate surface area is 129 Å². The lowest BCUT2D eigenvalue weighted by molar-refractivity contribution is -0.124. The van der Waals surface area contributed by atoms with E-state index < -0.39 is 0 Å². The molecule has 0 bridgehead atoms. The molecule has 116 valence electrons. The van der Waals surface area contributed by atoms with Gasteiger partial charge >= 0.3 is 0 Å². The second-order valence-electron chi connectivity index (χ2n) is 5.45. The van der Waals surface area contributed by atoms with Gasteiger partial charge in [-0.15, -0.1) is 11.8 Å². The Hall–Kier alpha value is -1.43. The molecule has 0 aromatic carbocycles. The molecule has 6 heteroatoms. The highest BCUT2D eigenvalue weighted by molar-refractivity contribution is 7.99. The third-order valence-corrected chi connectivity index (χ3v) is 4.65. The Kier molecular flexibility index (Phi) is 5.33. The molecule has 2 rings (SSSR count). The molecule has 1 aromatic rings. The van der Waals surface area contributed by atoms with E-state index in [2.05, 4.69) is 17.2 Å². The Bertz CT molecular complexity index is 527. The number of carbonyl (C=O) groups excluding carboxylic acids is 2. The second-order valence-corrected chi connectivity index (χ2v) is 6.45. The molecule has 0 aliphatic carbocycles. The summed E-state index contributed by atoms with van der Waals surface area (Å²) in [4.78, 5) is 29.6. The van der Waals surface area contributed by atoms with E-state index >= 15 is 0 Å². The molecule has 21 heavy (non-hydrogen) atoms. The predicted octanol–water partition coefficient (Wildman–Crippen LogP) is 2.06. The standard InChI is InChI=1S/C15H23N3O2S/c1-4-5-6-16-14(19)12-8-21-9-18(12)15(20)13-10(2)7-11(3)17-13/h7,12,17H,4-6,8-9H2,1-3H3,(H,16,19). The molecule has 1 fully saturated rings. The van der Waals surface area contributed by atoms with Crippen molar-refractivity contribution in [2.45, 2.75) is 39.7 Å². The minimum absolute atomic E-state index is 0.0391. The number of aromatic amines is 1. The molecule has 1 aromatic heterocycles. The first kappa shape index (κ1) is 15.9. The lowest BCUT2D eigenvalue weighted by Gasteiger charge is -2.23. The minimum Gasteiger partial charge on any atom is -0.354 e. The Morgan fingerprint density at radius 3 is 2.86 bits per heavy atom. The molecule has 1 saturated heterocycles. The van der Waals surface area contributed by atoms with Gasteiger partial charge in [0.05, 0.1) is 5.88 Å². The lowest BCUT2D eigenvalue weighted by atomic mass is 10.2. The van der Waals surface area contributed by atoms with Crippen LogP contribution in [0.1, 0.15) is 41.5 Å². The number of hydrogen-bond donors (Lipinski definition) is 2. The zero-order chi connectivity index (χ0) is 15.4. The Morgan fingerprint density at radius 1 is 1.48 bits per heavy atom. The van der Waals surface area contributed by atoms with Gasteiger partial charge in [-0.05, 0) is 31.9 Å². The third-order valence-electron chi connectivity index (χ3n) is 3.64. The largest absolute Gasteiger partial charge is 0.354 e. The topological polar surface area (TPSA) is 65.2 Å². The summed E-state index contributed by atoms with van der Waals surface area (Å²) in [6.07, 6.45) is 2.01. The molecule has 0 saturated carbocycles. The van der Waals surface area contributed by atoms with E-state index in [0.29, 0.717) is 23.9 Å². The number of rotatable bonds is 5. The number of carbonyl (C=O) groups is 2. The first-order chi connectivity index (χ1) is 10.0. The summed E-state index contributed by atoms with van der Waals surface area (Å²) >= 11 is 1.62. The van der Waals surface area contributed by atoms with Gasteiger partial charge < -0.3 is 15.2 Å². The molecular formula is C15H23N3O2S. The monoisotopic (exact) mass is 309 g/mol. The van der Waals surface area contributed by atoms with Crippen LogP contribution < -0.4 is 5.32 Å². The molecule has 2 N–H and O–H groups in total. The number of amides is 2. The van der Waals surface area contributed by atoms with Crippen LogP contribution in [0.5, 0.6) is 0 Å². The summed E-state index contributed by atoms with van der Waals surface area (Å²) in [5.74, 6) is 1.12. The van der Waals surface area contributed by atoms with Gasteiger partial charge in [-0.25, -0.2) is 0 Å². The smallest absolute Gasteiger partial charge is 0.271 e. The number of hydrogen-bond acceptors (Lipinski definition) is 3. The molecule has 2 amide bonds. The van der Waals surface area contributed by atoms with Crippen LogP contribution in [0.4, 0.5) is 0 Å². The van der Waals surface area contributed by atoms with Crippen molar-refractivity contribution < 1.29 is 9.59 Å². The summed E-state index contributed by atoms with van der Waals surface area (Å²) in [5, 5.41) is 2.93. The SMILES string of the molecule is CCCCNC(=O)C1CSCN1C(=O)c1[nH]c(C)cc1C. The maximum Gasteiger partial charge on any atom is 0.271 e. The third kappa shape index (κ3) is 3.61. The first-order valence-corrected chi connectivity index (χ1v) is 8.52. The van der Waals surface area contributed by atoms with Crippen LogP contribution in [0, 0.1) is 13.8 Å². The van der Waals surface area contributed by atoms with E-state index in [1.54, 1.807) is 16.7 Å². The fourth-order valence-electron chi connectivity index (χ4n) is 2.46. The van der Waals surface area contributed by atoms with Crippen molar-refractivity contribution in [2.75, 3.05) is 18.2 Å². The van der Waals surface area contributed by atoms with Crippen LogP contribution in [-0.2, 0) is 4.79 Å². The van der Waals surface area contributed by atoms with E-state index in [-0.39, 0.29) is 17.9 Å². The van der Waals surface area contributed by atoms with Crippen LogP contribution in [-0.4, -0.2) is 45.9 Å². The van der Waals surface area contributed by atoms with E-state index in [1.807, 2.05) is 19.9 Å². The highest BCUT2D eigenvalue weighted by atomic mass is 32.2. The number of unbranched alkanes of at least 4 members (excludes halogenated alkanes) is 1. The van der Waals surface area contributed by atoms with Crippen molar-refractivity contribution in [1.82, 2.24) is 15.2 Å². The normalized spacial score (nSPS) is 18.0. The van der Waals surface area contributed by atoms with Crippen LogP contribution in [0.25, 0.3) is 0 Å². The number of aryl methyl sites for hydroxylation is 2. The van der Waals surface area contributed by atoms with Crippen LogP contribution in [0.2, 0.25) is 0 Å². The molecule has 1 atom stereocenters. The zero-order valence-electron chi connectivity index (χ0n) is 12.9. The van der Waals surface area contributed by atoms with Gasteiger partial charge in [-0.1, -0.05) is 13.3 Å². The van der Waals surface area contributed by atoms with Crippen molar-refractivity contribution >= 4 is 23.6 Å². The maximum atomic E-state index is 12.6. The van der Waals surface area contributed by atoms with Crippen LogP contribution >= 0.6 is 11.8 Å². The number of H-pyrrole nitrogens is 1. The van der Waals surface area contributed by atoms with E-state index in [4.69, 9.17) is 0 Å². The van der Waals surface area contributed by atoms with Crippen LogP contribution in [0.3, 0.4) is 0 Å². The van der Waals surface area contributed by atoms with Crippen molar-refractivity contribution in [3.8, 4) is 0 Å². The van der Waals surface area contributed by atoms with Gasteiger partial charge in [-0.2, -0.15) is 0 Å². The van der Waals surface area contributed by atoms with Gasteiger partial charge in [0.2, 0.25) is 5.91 Å². The summed E-state index contributed by atoms with van der Waals surface area (Å²) in [5.41, 5.74) is 2.49. The minimum atomic E-state index is -0.359. The highest BCUT2D eigenvalue weighted by Gasteiger charge is 2.35. The molecule has 5 nitrogen and oxygen atoms in total. The molecule has 0 spiro atoms. The maximum absolute atomic E-state index is 12.6. The van der Waals surface area contributed by atoms with E-state index in [1.165, 1.54) is 0 Å². The highest BCUT2D eigenvalue weighted by Crippen LogP contribution is 2.24. The van der Waals surface area contributed by atoms with E-state index in [0.717, 1.165) is 24.1 Å². The second kappa shape index (κ2) is 7.02. The van der Waals surface area contributed by atoms with Gasteiger partial charge in [0.1, 0.15) is 11.7 Å². The fourth-order valence-corrected chi connectivity index (χ4v) is 3.61. The lowest BCUT2D eigenvalue weighted by Crippen LogP contribution is -2.47. The van der Waals surface area contributed by atoms with E-state index in [9.17, 15) is 9.59 Å². The summed E-state index contributed by atoms with van der Waals surface area (Å²) < 4.78 is 0. The molecule has 1 unspecified atom stereocenters. The number of aromatic nitrogens is 1. The molecule has 1 aliphatic heterocycles. The summed E-state index contributed by atoms with van der Waals surface area (Å²) in [7, 11) is 0. The summed E-state index contributed by atoms with van der Waals surface area (Å²) in [6, 6.07) is 1.59. The average molecular weight is 309 g/mol. The fraction of sp³-hybridized carbons (Fsp3) is 0.600. The Balaban J connectivity index is 2.06. The first-order valence-electron chi connectivity index (χ1n) is 7.37. The van der Waals surface area contributed by atoms with Crippen molar-refractivity contribution in [2.24, 2.45) is 0 Å². The quantitative estimate of drug-likeness (QED) is 0.818. The molecule has 1 aliphatic rings. The van der Waals surface area contributed by atoms with Gasteiger partial charge in [0.25, 0.3) is 5.91 Å². The summed E-state index contributed by atoms with van der Waals surface area (Å²) in [6.45, 7) is 6.61. The zero-order valence-corrected chi connectivity index (χ0v) is 13.7. The van der Waals surface area contributed by atoms with Crippen molar-refractivity contribution in [1.29, 1.82) is 0 Å².